The van der Waals surface area contributed by atoms with Gasteiger partial charge in [0.25, 0.3) is 5.56 Å². The number of carbonyl (C=O) groups excluding carboxylic acids is 1. The molecule has 1 saturated heterocycles. The van der Waals surface area contributed by atoms with E-state index in [1.807, 2.05) is 41.0 Å². The van der Waals surface area contributed by atoms with Crippen LogP contribution in [0.3, 0.4) is 0 Å². The van der Waals surface area contributed by atoms with E-state index in [-0.39, 0.29) is 17.4 Å². The molecule has 26 heavy (non-hydrogen) atoms. The van der Waals surface area contributed by atoms with Crippen LogP contribution in [0.25, 0.3) is 11.0 Å². The lowest BCUT2D eigenvalue weighted by Gasteiger charge is -2.36. The number of aryl methyl sites for hydroxylation is 1. The second kappa shape index (κ2) is 7.89. The number of amides is 1. The van der Waals surface area contributed by atoms with E-state index in [0.717, 1.165) is 23.9 Å². The first-order valence-electron chi connectivity index (χ1n) is 9.63. The molecule has 0 bridgehead atoms. The number of fused-ring (bicyclic) bond motifs is 1. The summed E-state index contributed by atoms with van der Waals surface area (Å²) in [6.45, 7) is 9.31. The fourth-order valence-electron chi connectivity index (χ4n) is 3.73. The van der Waals surface area contributed by atoms with Gasteiger partial charge in [0.05, 0.1) is 11.0 Å². The summed E-state index contributed by atoms with van der Waals surface area (Å²) in [6.07, 6.45) is 1.76. The van der Waals surface area contributed by atoms with Gasteiger partial charge in [-0.05, 0) is 31.9 Å². The smallest absolute Gasteiger partial charge is 0.293 e. The van der Waals surface area contributed by atoms with Crippen LogP contribution in [0.5, 0.6) is 0 Å². The van der Waals surface area contributed by atoms with Crippen LogP contribution in [0.4, 0.5) is 5.82 Å². The first-order chi connectivity index (χ1) is 12.6. The standard InChI is InChI=1S/C20H28N4O2/c1-4-15(5-2)19(25)23-13-11-22(12-14-23)18-20(26)24(6-3)17-10-8-7-9-16(17)21-18/h7-10,15H,4-6,11-14H2,1-3H3. The number of rotatable bonds is 5. The largest absolute Gasteiger partial charge is 0.348 e. The van der Waals surface area contributed by atoms with Crippen LogP contribution in [0.2, 0.25) is 0 Å². The SMILES string of the molecule is CCC(CC)C(=O)N1CCN(c2nc3ccccc3n(CC)c2=O)CC1. The molecule has 1 fully saturated rings. The van der Waals surface area contributed by atoms with Crippen molar-refractivity contribution in [3.63, 3.8) is 0 Å². The molecule has 2 heterocycles. The molecule has 0 saturated carbocycles. The minimum Gasteiger partial charge on any atom is -0.348 e. The third-order valence-electron chi connectivity index (χ3n) is 5.38. The van der Waals surface area contributed by atoms with Gasteiger partial charge in [-0.15, -0.1) is 0 Å². The fourth-order valence-corrected chi connectivity index (χ4v) is 3.73. The molecule has 6 nitrogen and oxygen atoms in total. The van der Waals surface area contributed by atoms with Gasteiger partial charge in [-0.1, -0.05) is 26.0 Å². The highest BCUT2D eigenvalue weighted by atomic mass is 16.2. The first kappa shape index (κ1) is 18.4. The molecule has 140 valence electrons. The minimum absolute atomic E-state index is 0.0500. The van der Waals surface area contributed by atoms with Crippen molar-refractivity contribution >= 4 is 22.8 Å². The van der Waals surface area contributed by atoms with E-state index in [0.29, 0.717) is 38.5 Å². The number of benzene rings is 1. The number of hydrogen-bond donors (Lipinski definition) is 0. The van der Waals surface area contributed by atoms with E-state index in [2.05, 4.69) is 18.8 Å². The van der Waals surface area contributed by atoms with Gasteiger partial charge < -0.3 is 14.4 Å². The zero-order chi connectivity index (χ0) is 18.7. The van der Waals surface area contributed by atoms with Crippen molar-refractivity contribution in [2.75, 3.05) is 31.1 Å². The number of piperazine rings is 1. The molecular formula is C20H28N4O2. The van der Waals surface area contributed by atoms with Crippen LogP contribution in [-0.2, 0) is 11.3 Å². The van der Waals surface area contributed by atoms with E-state index in [9.17, 15) is 9.59 Å². The summed E-state index contributed by atoms with van der Waals surface area (Å²) in [5, 5.41) is 0. The second-order valence-electron chi connectivity index (χ2n) is 6.80. The van der Waals surface area contributed by atoms with Crippen LogP contribution in [-0.4, -0.2) is 46.5 Å². The molecule has 0 unspecified atom stereocenters. The van der Waals surface area contributed by atoms with Gasteiger partial charge >= 0.3 is 0 Å². The third-order valence-corrected chi connectivity index (χ3v) is 5.38. The fraction of sp³-hybridized carbons (Fsp3) is 0.550. The van der Waals surface area contributed by atoms with Gasteiger partial charge in [-0.25, -0.2) is 4.98 Å². The number of nitrogens with zero attached hydrogens (tertiary/aromatic N) is 4. The van der Waals surface area contributed by atoms with Gasteiger partial charge in [0, 0.05) is 38.6 Å². The van der Waals surface area contributed by atoms with Crippen molar-refractivity contribution in [2.45, 2.75) is 40.2 Å². The highest BCUT2D eigenvalue weighted by molar-refractivity contribution is 5.79. The molecule has 0 N–H and O–H groups in total. The van der Waals surface area contributed by atoms with Crippen LogP contribution < -0.4 is 10.5 Å². The normalized spacial score (nSPS) is 15.1. The number of para-hydroxylation sites is 2. The molecule has 1 aliphatic heterocycles. The Bertz CT molecular complexity index is 833. The average Bonchev–Trinajstić information content (AvgIpc) is 2.68. The second-order valence-corrected chi connectivity index (χ2v) is 6.80. The molecule has 1 aromatic carbocycles. The maximum Gasteiger partial charge on any atom is 0.293 e. The van der Waals surface area contributed by atoms with Gasteiger partial charge in [0.2, 0.25) is 5.91 Å². The monoisotopic (exact) mass is 356 g/mol. The van der Waals surface area contributed by atoms with Gasteiger partial charge in [0.15, 0.2) is 5.82 Å². The third kappa shape index (κ3) is 3.32. The summed E-state index contributed by atoms with van der Waals surface area (Å²) in [7, 11) is 0. The lowest BCUT2D eigenvalue weighted by atomic mass is 10.0. The summed E-state index contributed by atoms with van der Waals surface area (Å²) in [5.41, 5.74) is 1.65. The zero-order valence-corrected chi connectivity index (χ0v) is 15.9. The number of carbonyl (C=O) groups is 1. The summed E-state index contributed by atoms with van der Waals surface area (Å²) >= 11 is 0. The lowest BCUT2D eigenvalue weighted by Crippen LogP contribution is -2.52. The molecule has 6 heteroatoms. The lowest BCUT2D eigenvalue weighted by molar-refractivity contribution is -0.136. The topological polar surface area (TPSA) is 58.4 Å². The minimum atomic E-state index is -0.0500. The highest BCUT2D eigenvalue weighted by Crippen LogP contribution is 2.18. The Morgan fingerprint density at radius 1 is 1.08 bits per heavy atom. The molecule has 0 radical (unpaired) electrons. The molecule has 3 rings (SSSR count). The Kier molecular flexibility index (Phi) is 5.59. The van der Waals surface area contributed by atoms with Crippen molar-refractivity contribution in [2.24, 2.45) is 5.92 Å². The van der Waals surface area contributed by atoms with Crippen molar-refractivity contribution in [1.82, 2.24) is 14.5 Å². The summed E-state index contributed by atoms with van der Waals surface area (Å²) in [5.74, 6) is 0.852. The van der Waals surface area contributed by atoms with Crippen LogP contribution in [0, 0.1) is 5.92 Å². The zero-order valence-electron chi connectivity index (χ0n) is 15.9. The molecule has 0 aliphatic carbocycles. The van der Waals surface area contributed by atoms with Crippen molar-refractivity contribution < 1.29 is 4.79 Å². The van der Waals surface area contributed by atoms with Gasteiger partial charge in [0.1, 0.15) is 0 Å². The van der Waals surface area contributed by atoms with Crippen LogP contribution in [0.15, 0.2) is 29.1 Å². The molecular weight excluding hydrogens is 328 g/mol. The van der Waals surface area contributed by atoms with E-state index >= 15 is 0 Å². The molecule has 1 aromatic heterocycles. The van der Waals surface area contributed by atoms with Crippen LogP contribution in [0.1, 0.15) is 33.6 Å². The van der Waals surface area contributed by atoms with Gasteiger partial charge in [-0.2, -0.15) is 0 Å². The summed E-state index contributed by atoms with van der Waals surface area (Å²) in [6, 6.07) is 7.74. The molecule has 0 spiro atoms. The Labute approximate surface area is 154 Å². The van der Waals surface area contributed by atoms with E-state index < -0.39 is 0 Å². The van der Waals surface area contributed by atoms with E-state index in [4.69, 9.17) is 0 Å². The first-order valence-corrected chi connectivity index (χ1v) is 9.63. The maximum absolute atomic E-state index is 12.9. The highest BCUT2D eigenvalue weighted by Gasteiger charge is 2.27. The van der Waals surface area contributed by atoms with E-state index in [1.165, 1.54) is 0 Å². The van der Waals surface area contributed by atoms with Crippen LogP contribution >= 0.6 is 0 Å². The Morgan fingerprint density at radius 3 is 2.35 bits per heavy atom. The summed E-state index contributed by atoms with van der Waals surface area (Å²) < 4.78 is 1.78. The predicted octanol–water partition coefficient (Wildman–Crippen LogP) is 2.50. The molecule has 1 aliphatic rings. The average molecular weight is 356 g/mol. The Morgan fingerprint density at radius 2 is 1.73 bits per heavy atom. The number of aromatic nitrogens is 2. The van der Waals surface area contributed by atoms with E-state index in [1.54, 1.807) is 4.57 Å². The van der Waals surface area contributed by atoms with Crippen molar-refractivity contribution in [3.8, 4) is 0 Å². The quantitative estimate of drug-likeness (QED) is 0.826. The van der Waals surface area contributed by atoms with Crippen molar-refractivity contribution in [1.29, 1.82) is 0 Å². The Hall–Kier alpha value is -2.37. The number of hydrogen-bond acceptors (Lipinski definition) is 4. The molecule has 1 amide bonds. The maximum atomic E-state index is 12.9. The molecule has 0 atom stereocenters. The molecule has 2 aromatic rings. The van der Waals surface area contributed by atoms with Gasteiger partial charge in [-0.3, -0.25) is 9.59 Å². The summed E-state index contributed by atoms with van der Waals surface area (Å²) in [4.78, 5) is 34.1. The van der Waals surface area contributed by atoms with Crippen molar-refractivity contribution in [3.05, 3.63) is 34.6 Å². The number of anilines is 1. The Balaban J connectivity index is 1.83. The predicted molar refractivity (Wildman–Crippen MR) is 105 cm³/mol.